The first-order valence-corrected chi connectivity index (χ1v) is 8.39. The van der Waals surface area contributed by atoms with E-state index in [4.69, 9.17) is 0 Å². The van der Waals surface area contributed by atoms with Crippen molar-refractivity contribution < 1.29 is 0 Å². The van der Waals surface area contributed by atoms with Crippen LogP contribution in [0.15, 0.2) is 60.7 Å². The Morgan fingerprint density at radius 1 is 0.955 bits per heavy atom. The molecule has 1 unspecified atom stereocenters. The van der Waals surface area contributed by atoms with E-state index >= 15 is 0 Å². The Labute approximate surface area is 134 Å². The van der Waals surface area contributed by atoms with Crippen LogP contribution in [0.4, 0.5) is 5.69 Å². The Hall–Kier alpha value is -1.80. The molecule has 2 nitrogen and oxygen atoms in total. The van der Waals surface area contributed by atoms with Gasteiger partial charge >= 0.3 is 0 Å². The van der Waals surface area contributed by atoms with Crippen LogP contribution < -0.4 is 5.32 Å². The second-order valence-corrected chi connectivity index (χ2v) is 6.40. The molecule has 2 aromatic rings. The Kier molecular flexibility index (Phi) is 5.12. The highest BCUT2D eigenvalue weighted by atomic mass is 15.1. The number of hydrogen-bond acceptors (Lipinski definition) is 2. The van der Waals surface area contributed by atoms with Crippen molar-refractivity contribution in [3.63, 3.8) is 0 Å². The highest BCUT2D eigenvalue weighted by molar-refractivity contribution is 5.43. The zero-order valence-corrected chi connectivity index (χ0v) is 13.4. The molecule has 0 aliphatic carbocycles. The van der Waals surface area contributed by atoms with E-state index in [0.717, 1.165) is 12.5 Å². The van der Waals surface area contributed by atoms with Crippen molar-refractivity contribution in [2.24, 2.45) is 5.92 Å². The lowest BCUT2D eigenvalue weighted by Crippen LogP contribution is -2.38. The van der Waals surface area contributed by atoms with Crippen molar-refractivity contribution in [3.05, 3.63) is 66.2 Å². The third-order valence-electron chi connectivity index (χ3n) is 4.76. The minimum Gasteiger partial charge on any atom is -0.382 e. The topological polar surface area (TPSA) is 15.3 Å². The third-order valence-corrected chi connectivity index (χ3v) is 4.76. The van der Waals surface area contributed by atoms with Gasteiger partial charge in [-0.15, -0.1) is 0 Å². The molecule has 116 valence electrons. The van der Waals surface area contributed by atoms with Crippen LogP contribution in [0.5, 0.6) is 0 Å². The maximum atomic E-state index is 3.66. The molecule has 0 aromatic heterocycles. The average molecular weight is 294 g/mol. The van der Waals surface area contributed by atoms with Gasteiger partial charge in [0.15, 0.2) is 0 Å². The van der Waals surface area contributed by atoms with Gasteiger partial charge in [-0.25, -0.2) is 0 Å². The number of nitrogens with one attached hydrogen (secondary N) is 1. The SMILES string of the molecule is CC(Nc1ccccc1)C1CCN(Cc2ccccc2)CC1. The summed E-state index contributed by atoms with van der Waals surface area (Å²) in [5.41, 5.74) is 2.66. The molecule has 2 aromatic carbocycles. The van der Waals surface area contributed by atoms with Crippen LogP contribution in [0.1, 0.15) is 25.3 Å². The van der Waals surface area contributed by atoms with E-state index in [1.807, 2.05) is 0 Å². The van der Waals surface area contributed by atoms with Gasteiger partial charge < -0.3 is 5.32 Å². The molecule has 0 amide bonds. The summed E-state index contributed by atoms with van der Waals surface area (Å²) in [7, 11) is 0. The maximum Gasteiger partial charge on any atom is 0.0342 e. The van der Waals surface area contributed by atoms with Gasteiger partial charge in [0.1, 0.15) is 0 Å². The molecule has 1 atom stereocenters. The fourth-order valence-electron chi connectivity index (χ4n) is 3.37. The van der Waals surface area contributed by atoms with Gasteiger partial charge in [-0.05, 0) is 56.5 Å². The molecular weight excluding hydrogens is 268 g/mol. The van der Waals surface area contributed by atoms with Crippen LogP contribution in [-0.2, 0) is 6.54 Å². The zero-order chi connectivity index (χ0) is 15.2. The van der Waals surface area contributed by atoms with Crippen LogP contribution in [0.3, 0.4) is 0 Å². The molecule has 1 N–H and O–H groups in total. The number of likely N-dealkylation sites (tertiary alicyclic amines) is 1. The number of hydrogen-bond donors (Lipinski definition) is 1. The van der Waals surface area contributed by atoms with Crippen LogP contribution in [0.25, 0.3) is 0 Å². The lowest BCUT2D eigenvalue weighted by atomic mass is 9.90. The summed E-state index contributed by atoms with van der Waals surface area (Å²) in [6.45, 7) is 5.83. The molecule has 22 heavy (non-hydrogen) atoms. The van der Waals surface area contributed by atoms with E-state index < -0.39 is 0 Å². The van der Waals surface area contributed by atoms with Crippen LogP contribution in [0, 0.1) is 5.92 Å². The minimum absolute atomic E-state index is 0.543. The summed E-state index contributed by atoms with van der Waals surface area (Å²) in [6, 6.07) is 21.9. The summed E-state index contributed by atoms with van der Waals surface area (Å²) >= 11 is 0. The van der Waals surface area contributed by atoms with E-state index in [9.17, 15) is 0 Å². The van der Waals surface area contributed by atoms with E-state index in [0.29, 0.717) is 6.04 Å². The predicted octanol–water partition coefficient (Wildman–Crippen LogP) is 4.40. The molecule has 1 aliphatic heterocycles. The molecule has 1 fully saturated rings. The van der Waals surface area contributed by atoms with E-state index in [2.05, 4.69) is 77.8 Å². The fourth-order valence-corrected chi connectivity index (χ4v) is 3.37. The second kappa shape index (κ2) is 7.46. The Morgan fingerprint density at radius 2 is 1.55 bits per heavy atom. The molecular formula is C20H26N2. The standard InChI is InChI=1S/C20H26N2/c1-17(21-20-10-6-3-7-11-20)19-12-14-22(15-13-19)16-18-8-4-2-5-9-18/h2-11,17,19,21H,12-16H2,1H3. The molecule has 0 spiro atoms. The first-order valence-electron chi connectivity index (χ1n) is 8.39. The molecule has 1 heterocycles. The molecule has 0 radical (unpaired) electrons. The quantitative estimate of drug-likeness (QED) is 0.879. The van der Waals surface area contributed by atoms with Gasteiger partial charge in [0.05, 0.1) is 0 Å². The van der Waals surface area contributed by atoms with Gasteiger partial charge in [-0.3, -0.25) is 4.90 Å². The van der Waals surface area contributed by atoms with Gasteiger partial charge in [0, 0.05) is 18.3 Å². The number of para-hydroxylation sites is 1. The molecule has 1 saturated heterocycles. The maximum absolute atomic E-state index is 3.66. The predicted molar refractivity (Wildman–Crippen MR) is 94.0 cm³/mol. The fraction of sp³-hybridized carbons (Fsp3) is 0.400. The molecule has 3 rings (SSSR count). The summed E-state index contributed by atoms with van der Waals surface area (Å²) in [6.07, 6.45) is 2.57. The van der Waals surface area contributed by atoms with Crippen molar-refractivity contribution in [1.29, 1.82) is 0 Å². The van der Waals surface area contributed by atoms with Gasteiger partial charge in [-0.2, -0.15) is 0 Å². The van der Waals surface area contributed by atoms with Crippen molar-refractivity contribution >= 4 is 5.69 Å². The molecule has 0 saturated carbocycles. The second-order valence-electron chi connectivity index (χ2n) is 6.40. The van der Waals surface area contributed by atoms with Gasteiger partial charge in [0.25, 0.3) is 0 Å². The van der Waals surface area contributed by atoms with Gasteiger partial charge in [0.2, 0.25) is 0 Å². The van der Waals surface area contributed by atoms with Crippen molar-refractivity contribution in [1.82, 2.24) is 4.90 Å². The monoisotopic (exact) mass is 294 g/mol. The summed E-state index contributed by atoms with van der Waals surface area (Å²) in [4.78, 5) is 2.58. The molecule has 1 aliphatic rings. The highest BCUT2D eigenvalue weighted by Crippen LogP contribution is 2.24. The van der Waals surface area contributed by atoms with E-state index in [1.165, 1.54) is 37.2 Å². The smallest absolute Gasteiger partial charge is 0.0342 e. The van der Waals surface area contributed by atoms with Gasteiger partial charge in [-0.1, -0.05) is 48.5 Å². The van der Waals surface area contributed by atoms with Crippen LogP contribution in [-0.4, -0.2) is 24.0 Å². The Bertz CT molecular complexity index is 544. The zero-order valence-electron chi connectivity index (χ0n) is 13.4. The average Bonchev–Trinajstić information content (AvgIpc) is 2.57. The largest absolute Gasteiger partial charge is 0.382 e. The van der Waals surface area contributed by atoms with Crippen molar-refractivity contribution in [2.75, 3.05) is 18.4 Å². The number of rotatable bonds is 5. The number of anilines is 1. The third kappa shape index (κ3) is 4.11. The summed E-state index contributed by atoms with van der Waals surface area (Å²) in [5, 5.41) is 3.66. The first-order chi connectivity index (χ1) is 10.8. The Balaban J connectivity index is 1.47. The van der Waals surface area contributed by atoms with Crippen molar-refractivity contribution in [3.8, 4) is 0 Å². The van der Waals surface area contributed by atoms with E-state index in [-0.39, 0.29) is 0 Å². The minimum atomic E-state index is 0.543. The summed E-state index contributed by atoms with van der Waals surface area (Å²) < 4.78 is 0. The number of nitrogens with zero attached hydrogens (tertiary/aromatic N) is 1. The lowest BCUT2D eigenvalue weighted by Gasteiger charge is -2.35. The Morgan fingerprint density at radius 3 is 2.18 bits per heavy atom. The lowest BCUT2D eigenvalue weighted by molar-refractivity contribution is 0.169. The number of benzene rings is 2. The molecule has 0 bridgehead atoms. The van der Waals surface area contributed by atoms with Crippen LogP contribution >= 0.6 is 0 Å². The van der Waals surface area contributed by atoms with Crippen molar-refractivity contribution in [2.45, 2.75) is 32.4 Å². The molecule has 2 heteroatoms. The summed E-state index contributed by atoms with van der Waals surface area (Å²) in [5.74, 6) is 0.771. The highest BCUT2D eigenvalue weighted by Gasteiger charge is 2.23. The van der Waals surface area contributed by atoms with Crippen LogP contribution in [0.2, 0.25) is 0 Å². The number of piperidine rings is 1. The normalized spacial score (nSPS) is 18.0. The van der Waals surface area contributed by atoms with E-state index in [1.54, 1.807) is 0 Å². The first kappa shape index (κ1) is 15.1.